The lowest BCUT2D eigenvalue weighted by atomic mass is 9.66. The highest BCUT2D eigenvalue weighted by Crippen LogP contribution is 2.45. The fraction of sp³-hybridized carbons (Fsp3) is 0.853. The number of hydrogen-bond donors (Lipinski definition) is 2. The van der Waals surface area contributed by atoms with Crippen molar-refractivity contribution in [2.45, 2.75) is 127 Å². The zero-order valence-corrected chi connectivity index (χ0v) is 27.6. The molecule has 2 amide bonds. The Balaban J connectivity index is 1.12. The maximum atomic E-state index is 13.7. The van der Waals surface area contributed by atoms with Crippen LogP contribution in [-0.2, 0) is 4.79 Å². The monoisotopic (exact) mass is 614 g/mol. The summed E-state index contributed by atoms with van der Waals surface area (Å²) in [5.74, 6) is 2.72. The second kappa shape index (κ2) is 13.3. The van der Waals surface area contributed by atoms with Gasteiger partial charge in [0.25, 0.3) is 11.8 Å². The molecule has 3 saturated carbocycles. The van der Waals surface area contributed by atoms with Crippen molar-refractivity contribution >= 4 is 23.6 Å². The van der Waals surface area contributed by atoms with E-state index >= 15 is 0 Å². The Labute approximate surface area is 262 Å². The van der Waals surface area contributed by atoms with Crippen molar-refractivity contribution in [3.63, 3.8) is 0 Å². The zero-order valence-electron chi connectivity index (χ0n) is 26.8. The highest BCUT2D eigenvalue weighted by Gasteiger charge is 2.44. The zero-order chi connectivity index (χ0) is 30.0. The van der Waals surface area contributed by atoms with Gasteiger partial charge in [-0.05, 0) is 114 Å². The molecule has 6 rings (SSSR count). The Bertz CT molecular complexity index is 1110. The number of amides is 2. The molecule has 5 fully saturated rings. The number of hydrogen-bond acceptors (Lipinski definition) is 7. The molecular weight excluding hydrogens is 560 g/mol. The first-order valence-corrected chi connectivity index (χ1v) is 18.2. The highest BCUT2D eigenvalue weighted by molar-refractivity contribution is 8.00. The van der Waals surface area contributed by atoms with E-state index in [2.05, 4.69) is 27.6 Å². The first kappa shape index (κ1) is 31.3. The van der Waals surface area contributed by atoms with Gasteiger partial charge in [-0.1, -0.05) is 38.5 Å². The summed E-state index contributed by atoms with van der Waals surface area (Å²) in [6, 6.07) is 0.0955. The molecule has 0 radical (unpaired) electrons. The Hall–Kier alpha value is -1.74. The number of nitrogens with one attached hydrogen (secondary N) is 2. The van der Waals surface area contributed by atoms with Crippen LogP contribution in [0.15, 0.2) is 9.42 Å². The van der Waals surface area contributed by atoms with E-state index in [1.807, 2.05) is 13.8 Å². The fourth-order valence-electron chi connectivity index (χ4n) is 8.75. The van der Waals surface area contributed by atoms with Crippen molar-refractivity contribution in [2.75, 3.05) is 32.8 Å². The van der Waals surface area contributed by atoms with Gasteiger partial charge in [0.1, 0.15) is 11.5 Å². The number of piperidine rings is 1. The molecule has 3 heterocycles. The van der Waals surface area contributed by atoms with E-state index in [1.165, 1.54) is 57.8 Å². The fourth-order valence-corrected chi connectivity index (χ4v) is 10.1. The van der Waals surface area contributed by atoms with Crippen LogP contribution in [-0.4, -0.2) is 65.9 Å². The van der Waals surface area contributed by atoms with Crippen LogP contribution in [0.4, 0.5) is 0 Å². The standard InChI is InChI=1S/C34H54N4O4S/c1-23(26-19-24-8-7-9-25(18-24)20-26)36-30(39)28-29(43-27-10-5-4-6-11-27)31(37-42-28)41-22-33(2,3)32(40)38-17-14-34(21-38)12-15-35-16-13-34/h23-27,35H,4-22H2,1-3H3,(H,36,39). The maximum absolute atomic E-state index is 13.7. The van der Waals surface area contributed by atoms with E-state index in [4.69, 9.17) is 9.26 Å². The molecular formula is C34H54N4O4S. The topological polar surface area (TPSA) is 96.7 Å². The largest absolute Gasteiger partial charge is 0.474 e. The maximum Gasteiger partial charge on any atom is 0.291 e. The Morgan fingerprint density at radius 2 is 1.79 bits per heavy atom. The number of fused-ring (bicyclic) bond motifs is 2. The van der Waals surface area contributed by atoms with Gasteiger partial charge in [-0.3, -0.25) is 9.59 Å². The minimum absolute atomic E-state index is 0.0955. The second-order valence-electron chi connectivity index (χ2n) is 15.3. The van der Waals surface area contributed by atoms with Crippen molar-refractivity contribution < 1.29 is 18.8 Å². The molecule has 240 valence electrons. The van der Waals surface area contributed by atoms with E-state index < -0.39 is 5.41 Å². The molecule has 1 aromatic rings. The molecule has 8 nitrogen and oxygen atoms in total. The van der Waals surface area contributed by atoms with Crippen molar-refractivity contribution in [1.82, 2.24) is 20.7 Å². The Morgan fingerprint density at radius 3 is 2.51 bits per heavy atom. The van der Waals surface area contributed by atoms with Gasteiger partial charge in [0.05, 0.1) is 5.41 Å². The van der Waals surface area contributed by atoms with Gasteiger partial charge in [0, 0.05) is 24.4 Å². The molecule has 2 bridgehead atoms. The molecule has 0 aromatic carbocycles. The number of rotatable bonds is 9. The normalized spacial score (nSPS) is 28.5. The third kappa shape index (κ3) is 7.23. The molecule has 43 heavy (non-hydrogen) atoms. The van der Waals surface area contributed by atoms with E-state index in [0.29, 0.717) is 21.9 Å². The summed E-state index contributed by atoms with van der Waals surface area (Å²) in [4.78, 5) is 30.1. The number of carbonyl (C=O) groups excluding carboxylic acids is 2. The molecule has 1 spiro atoms. The highest BCUT2D eigenvalue weighted by atomic mass is 32.2. The Morgan fingerprint density at radius 1 is 1.07 bits per heavy atom. The average Bonchev–Trinajstić information content (AvgIpc) is 3.60. The van der Waals surface area contributed by atoms with Gasteiger partial charge in [-0.25, -0.2) is 0 Å². The first-order chi connectivity index (χ1) is 20.7. The summed E-state index contributed by atoms with van der Waals surface area (Å²) in [5, 5.41) is 11.5. The summed E-state index contributed by atoms with van der Waals surface area (Å²) in [6.45, 7) is 10.0. The molecule has 2 saturated heterocycles. The van der Waals surface area contributed by atoms with Crippen LogP contribution in [0, 0.1) is 28.6 Å². The Kier molecular flexibility index (Phi) is 9.68. The van der Waals surface area contributed by atoms with Gasteiger partial charge in [-0.2, -0.15) is 0 Å². The van der Waals surface area contributed by atoms with Gasteiger partial charge in [0.2, 0.25) is 11.7 Å². The van der Waals surface area contributed by atoms with Crippen LogP contribution in [0.5, 0.6) is 5.88 Å². The summed E-state index contributed by atoms with van der Waals surface area (Å²) >= 11 is 1.68. The number of aromatic nitrogens is 1. The van der Waals surface area contributed by atoms with Crippen molar-refractivity contribution in [2.24, 2.45) is 28.6 Å². The second-order valence-corrected chi connectivity index (χ2v) is 16.6. The minimum Gasteiger partial charge on any atom is -0.474 e. The average molecular weight is 615 g/mol. The lowest BCUT2D eigenvalue weighted by Crippen LogP contribution is -2.45. The lowest BCUT2D eigenvalue weighted by molar-refractivity contribution is -0.141. The molecule has 1 aromatic heterocycles. The number of carbonyl (C=O) groups is 2. The minimum atomic E-state index is -0.708. The van der Waals surface area contributed by atoms with Crippen LogP contribution in [0.3, 0.4) is 0 Å². The molecule has 2 aliphatic heterocycles. The predicted molar refractivity (Wildman–Crippen MR) is 169 cm³/mol. The van der Waals surface area contributed by atoms with Gasteiger partial charge in [0.15, 0.2) is 0 Å². The smallest absolute Gasteiger partial charge is 0.291 e. The number of nitrogens with zero attached hydrogens (tertiary/aromatic N) is 2. The SMILES string of the molecule is CC(NC(=O)c1onc(OCC(C)(C)C(=O)N2CCC3(CCNCC3)C2)c1SC1CCCCC1)C1CC2CCCC(C2)C1. The van der Waals surface area contributed by atoms with E-state index in [0.717, 1.165) is 70.1 Å². The van der Waals surface area contributed by atoms with E-state index in [1.54, 1.807) is 11.8 Å². The molecule has 3 unspecified atom stereocenters. The molecule has 3 atom stereocenters. The van der Waals surface area contributed by atoms with Gasteiger partial charge < -0.3 is 24.8 Å². The summed E-state index contributed by atoms with van der Waals surface area (Å²) in [6.07, 6.45) is 17.1. The lowest BCUT2D eigenvalue weighted by Gasteiger charge is -2.41. The van der Waals surface area contributed by atoms with E-state index in [-0.39, 0.29) is 35.6 Å². The quantitative estimate of drug-likeness (QED) is 0.330. The van der Waals surface area contributed by atoms with Crippen molar-refractivity contribution in [3.8, 4) is 5.88 Å². The number of thioether (sulfide) groups is 1. The third-order valence-corrected chi connectivity index (χ3v) is 12.8. The van der Waals surface area contributed by atoms with Crippen molar-refractivity contribution in [1.29, 1.82) is 0 Å². The van der Waals surface area contributed by atoms with E-state index in [9.17, 15) is 9.59 Å². The predicted octanol–water partition coefficient (Wildman–Crippen LogP) is 6.44. The van der Waals surface area contributed by atoms with Crippen LogP contribution >= 0.6 is 11.8 Å². The van der Waals surface area contributed by atoms with Crippen LogP contribution in [0.2, 0.25) is 0 Å². The van der Waals surface area contributed by atoms with Gasteiger partial charge >= 0.3 is 0 Å². The number of ether oxygens (including phenoxy) is 1. The molecule has 3 aliphatic carbocycles. The van der Waals surface area contributed by atoms with Gasteiger partial charge in [-0.15, -0.1) is 11.8 Å². The molecule has 9 heteroatoms. The molecule has 2 N–H and O–H groups in total. The summed E-state index contributed by atoms with van der Waals surface area (Å²) in [5.41, 5.74) is -0.441. The summed E-state index contributed by atoms with van der Waals surface area (Å²) in [7, 11) is 0. The van der Waals surface area contributed by atoms with Crippen LogP contribution in [0.1, 0.15) is 121 Å². The van der Waals surface area contributed by atoms with Crippen molar-refractivity contribution in [3.05, 3.63) is 5.76 Å². The number of likely N-dealkylation sites (tertiary alicyclic amines) is 1. The third-order valence-electron chi connectivity index (χ3n) is 11.4. The summed E-state index contributed by atoms with van der Waals surface area (Å²) < 4.78 is 12.1. The first-order valence-electron chi connectivity index (χ1n) is 17.3. The molecule has 5 aliphatic rings. The van der Waals surface area contributed by atoms with Crippen LogP contribution in [0.25, 0.3) is 0 Å². The van der Waals surface area contributed by atoms with Crippen LogP contribution < -0.4 is 15.4 Å².